The normalized spacial score (nSPS) is 42.3. The summed E-state index contributed by atoms with van der Waals surface area (Å²) in [4.78, 5) is 26.3. The van der Waals surface area contributed by atoms with Crippen LogP contribution in [-0.4, -0.2) is 51.4 Å². The van der Waals surface area contributed by atoms with E-state index in [-0.39, 0.29) is 58.8 Å². The zero-order chi connectivity index (χ0) is 32.8. The fourth-order valence-corrected chi connectivity index (χ4v) is 11.7. The second kappa shape index (κ2) is 11.2. The van der Waals surface area contributed by atoms with Gasteiger partial charge in [-0.3, -0.25) is 13.8 Å². The number of benzene rings is 1. The van der Waals surface area contributed by atoms with Crippen molar-refractivity contribution in [1.29, 1.82) is 0 Å². The van der Waals surface area contributed by atoms with Crippen LogP contribution in [0, 0.1) is 59.2 Å². The molecule has 8 nitrogen and oxygen atoms in total. The summed E-state index contributed by atoms with van der Waals surface area (Å²) < 4.78 is 50.4. The highest BCUT2D eigenvalue weighted by Crippen LogP contribution is 2.70. The fourth-order valence-electron chi connectivity index (χ4n) is 10.7. The van der Waals surface area contributed by atoms with Gasteiger partial charge in [-0.15, -0.1) is 0 Å². The third kappa shape index (κ3) is 4.88. The molecule has 0 amide bonds. The summed E-state index contributed by atoms with van der Waals surface area (Å²) in [5.41, 5.74) is 1.72. The molecule has 252 valence electrons. The molecule has 1 aromatic rings. The van der Waals surface area contributed by atoms with Crippen LogP contribution in [0.5, 0.6) is 0 Å². The fraction of sp³-hybridized carbons (Fsp3) is 0.730. The molecule has 5 fully saturated rings. The molecule has 9 heteroatoms. The van der Waals surface area contributed by atoms with Gasteiger partial charge in [-0.05, 0) is 86.2 Å². The molecule has 0 radical (unpaired) electrons. The monoisotopic (exact) mass is 654 g/mol. The summed E-state index contributed by atoms with van der Waals surface area (Å²) in [6.45, 7) is 12.5. The number of rotatable bonds is 8. The van der Waals surface area contributed by atoms with Gasteiger partial charge in [0.05, 0.1) is 29.6 Å². The van der Waals surface area contributed by atoms with Crippen LogP contribution in [-0.2, 0) is 38.1 Å². The standard InChI is InChI=1S/C37H50O8S/c1-21-7-10-28(11-8-21)46(40,41)43-19-23(3)22(2)18-37-24(4)34-32(45-37)16-31-29-12-9-26-15-27(44-25(5)38)13-14-35(26,6)30(29)17-33(39)36(31,34)20-42-37/h7-8,10-11,16,22-24,26-27,29-30,32,34H,9,12-15,17-20H2,1-6H3/t22-,23-,24-,26-,27-,29+,30-,32?,34-,35-,36+,37-/m0/s1. The number of carbonyl (C=O) groups is 2. The summed E-state index contributed by atoms with van der Waals surface area (Å²) in [6.07, 6.45) is 8.24. The highest BCUT2D eigenvalue weighted by atomic mass is 32.2. The molecule has 2 heterocycles. The first kappa shape index (κ1) is 32.5. The smallest absolute Gasteiger partial charge is 0.302 e. The van der Waals surface area contributed by atoms with Crippen LogP contribution in [0.3, 0.4) is 0 Å². The van der Waals surface area contributed by atoms with Gasteiger partial charge in [0.2, 0.25) is 0 Å². The Kier molecular flexibility index (Phi) is 7.94. The Morgan fingerprint density at radius 3 is 2.57 bits per heavy atom. The van der Waals surface area contributed by atoms with Crippen molar-refractivity contribution in [3.63, 3.8) is 0 Å². The Balaban J connectivity index is 1.05. The van der Waals surface area contributed by atoms with Crippen LogP contribution in [0.2, 0.25) is 0 Å². The largest absolute Gasteiger partial charge is 0.463 e. The Hall–Kier alpha value is -2.07. The van der Waals surface area contributed by atoms with E-state index < -0.39 is 21.3 Å². The van der Waals surface area contributed by atoms with Crippen LogP contribution in [0.1, 0.15) is 85.1 Å². The first-order valence-corrected chi connectivity index (χ1v) is 18.8. The summed E-state index contributed by atoms with van der Waals surface area (Å²) in [5, 5.41) is 0. The van der Waals surface area contributed by atoms with Gasteiger partial charge in [-0.1, -0.05) is 57.0 Å². The first-order chi connectivity index (χ1) is 21.7. The molecule has 2 bridgehead atoms. The van der Waals surface area contributed by atoms with E-state index in [1.54, 1.807) is 24.3 Å². The molecule has 1 unspecified atom stereocenters. The number of fused-ring (bicyclic) bond motifs is 5. The van der Waals surface area contributed by atoms with E-state index in [1.165, 1.54) is 12.5 Å². The SMILES string of the molecule is CC(=O)O[C@H]1CC[C@@]2(C)[C@@H](CC[C@H]3C4=CC5O[C@]6(C[C@H](C)[C@@H](C)COS(=O)(=O)c7ccc(C)cc7)OC[C@@]4(C(=O)C[C@@H]32)[C@H]5[C@@H]6C)C1. The number of aryl methyl sites for hydroxylation is 1. The van der Waals surface area contributed by atoms with Crippen LogP contribution >= 0.6 is 0 Å². The lowest BCUT2D eigenvalue weighted by atomic mass is 9.44. The minimum atomic E-state index is -3.85. The maximum atomic E-state index is 14.5. The van der Waals surface area contributed by atoms with E-state index in [4.69, 9.17) is 18.4 Å². The predicted octanol–water partition coefficient (Wildman–Crippen LogP) is 6.40. The quantitative estimate of drug-likeness (QED) is 0.180. The number of Topliss-reactive ketones (excluding diaryl/α,β-unsaturated/α-hetero) is 1. The highest BCUT2D eigenvalue weighted by molar-refractivity contribution is 7.86. The van der Waals surface area contributed by atoms with Crippen LogP contribution in [0.4, 0.5) is 0 Å². The average Bonchev–Trinajstić information content (AvgIpc) is 3.41. The number of ether oxygens (including phenoxy) is 3. The molecular formula is C37H50O8S. The van der Waals surface area contributed by atoms with Crippen molar-refractivity contribution in [3.8, 4) is 0 Å². The third-order valence-electron chi connectivity index (χ3n) is 13.5. The number of hydrogen-bond acceptors (Lipinski definition) is 8. The van der Waals surface area contributed by atoms with E-state index in [0.717, 1.165) is 37.7 Å². The van der Waals surface area contributed by atoms with Crippen molar-refractivity contribution in [2.45, 2.75) is 109 Å². The zero-order valence-electron chi connectivity index (χ0n) is 28.1. The van der Waals surface area contributed by atoms with Crippen molar-refractivity contribution in [2.24, 2.45) is 52.3 Å². The average molecular weight is 655 g/mol. The van der Waals surface area contributed by atoms with Gasteiger partial charge in [0.1, 0.15) is 11.9 Å². The van der Waals surface area contributed by atoms with Crippen LogP contribution in [0.15, 0.2) is 40.8 Å². The van der Waals surface area contributed by atoms with Crippen molar-refractivity contribution < 1.29 is 36.4 Å². The molecule has 4 aliphatic carbocycles. The minimum Gasteiger partial charge on any atom is -0.463 e. The lowest BCUT2D eigenvalue weighted by Crippen LogP contribution is -2.61. The molecule has 2 aliphatic heterocycles. The number of carbonyl (C=O) groups excluding carboxylic acids is 2. The summed E-state index contributed by atoms with van der Waals surface area (Å²) >= 11 is 0. The van der Waals surface area contributed by atoms with Crippen LogP contribution in [0.25, 0.3) is 0 Å². The Labute approximate surface area is 274 Å². The summed E-state index contributed by atoms with van der Waals surface area (Å²) in [6, 6.07) is 6.69. The molecular weight excluding hydrogens is 604 g/mol. The molecule has 12 atom stereocenters. The van der Waals surface area contributed by atoms with Gasteiger partial charge in [0.25, 0.3) is 10.1 Å². The first-order valence-electron chi connectivity index (χ1n) is 17.4. The van der Waals surface area contributed by atoms with E-state index in [0.29, 0.717) is 43.0 Å². The van der Waals surface area contributed by atoms with E-state index >= 15 is 0 Å². The number of hydrogen-bond donors (Lipinski definition) is 0. The predicted molar refractivity (Wildman–Crippen MR) is 171 cm³/mol. The number of esters is 1. The van der Waals surface area contributed by atoms with Crippen molar-refractivity contribution in [3.05, 3.63) is 41.5 Å². The molecule has 1 spiro atoms. The summed E-state index contributed by atoms with van der Waals surface area (Å²) in [5.74, 6) is 0.524. The van der Waals surface area contributed by atoms with E-state index in [9.17, 15) is 18.0 Å². The van der Waals surface area contributed by atoms with Gasteiger partial charge in [0.15, 0.2) is 5.79 Å². The topological polar surface area (TPSA) is 105 Å². The van der Waals surface area contributed by atoms with Crippen LogP contribution < -0.4 is 0 Å². The lowest BCUT2D eigenvalue weighted by Gasteiger charge is -2.60. The minimum absolute atomic E-state index is 0.00815. The molecule has 7 rings (SSSR count). The molecule has 6 aliphatic rings. The van der Waals surface area contributed by atoms with Crippen molar-refractivity contribution >= 4 is 21.9 Å². The Morgan fingerprint density at radius 1 is 1.11 bits per heavy atom. The van der Waals surface area contributed by atoms with Crippen molar-refractivity contribution in [1.82, 2.24) is 0 Å². The Morgan fingerprint density at radius 2 is 1.85 bits per heavy atom. The van der Waals surface area contributed by atoms with Gasteiger partial charge in [-0.2, -0.15) is 8.42 Å². The lowest BCUT2D eigenvalue weighted by molar-refractivity contribution is -0.270. The van der Waals surface area contributed by atoms with Gasteiger partial charge >= 0.3 is 5.97 Å². The van der Waals surface area contributed by atoms with Gasteiger partial charge in [-0.25, -0.2) is 0 Å². The third-order valence-corrected chi connectivity index (χ3v) is 14.8. The molecule has 3 saturated carbocycles. The second-order valence-electron chi connectivity index (χ2n) is 15.9. The van der Waals surface area contributed by atoms with Gasteiger partial charge < -0.3 is 14.2 Å². The highest BCUT2D eigenvalue weighted by Gasteiger charge is 2.73. The van der Waals surface area contributed by atoms with Crippen molar-refractivity contribution in [2.75, 3.05) is 13.2 Å². The van der Waals surface area contributed by atoms with E-state index in [1.807, 2.05) is 13.8 Å². The molecule has 1 aromatic carbocycles. The second-order valence-corrected chi connectivity index (χ2v) is 17.5. The maximum absolute atomic E-state index is 14.5. The molecule has 46 heavy (non-hydrogen) atoms. The van der Waals surface area contributed by atoms with Gasteiger partial charge in [0, 0.05) is 31.6 Å². The molecule has 0 N–H and O–H groups in total. The zero-order valence-corrected chi connectivity index (χ0v) is 28.9. The maximum Gasteiger partial charge on any atom is 0.302 e. The molecule has 2 saturated heterocycles. The van der Waals surface area contributed by atoms with E-state index in [2.05, 4.69) is 26.8 Å². The molecule has 0 aromatic heterocycles. The summed E-state index contributed by atoms with van der Waals surface area (Å²) in [7, 11) is -3.85. The number of ketones is 1. The Bertz CT molecular complexity index is 1530.